The average molecular weight is 472 g/mol. The van der Waals surface area contributed by atoms with Gasteiger partial charge in [0.1, 0.15) is 4.90 Å². The van der Waals surface area contributed by atoms with Crippen LogP contribution in [0.4, 0.5) is 5.69 Å². The molecule has 0 atom stereocenters. The first-order valence-corrected chi connectivity index (χ1v) is 11.8. The van der Waals surface area contributed by atoms with Crippen molar-refractivity contribution in [1.82, 2.24) is 24.7 Å². The Morgan fingerprint density at radius 1 is 0.971 bits per heavy atom. The first kappa shape index (κ1) is 20.2. The second kappa shape index (κ2) is 7.32. The van der Waals surface area contributed by atoms with Gasteiger partial charge in [-0.25, -0.2) is 9.50 Å². The van der Waals surface area contributed by atoms with E-state index in [-0.39, 0.29) is 10.7 Å². The molecule has 0 saturated heterocycles. The van der Waals surface area contributed by atoms with E-state index < -0.39 is 10.0 Å². The minimum Gasteiger partial charge on any atom is -0.339 e. The van der Waals surface area contributed by atoms with Gasteiger partial charge in [0.05, 0.1) is 11.8 Å². The highest BCUT2D eigenvalue weighted by molar-refractivity contribution is 7.90. The number of fused-ring (bicyclic) bond motifs is 2. The maximum absolute atomic E-state index is 12.2. The zero-order chi connectivity index (χ0) is 23.4. The van der Waals surface area contributed by atoms with Crippen molar-refractivity contribution in [2.75, 3.05) is 5.32 Å². The molecule has 4 heterocycles. The Labute approximate surface area is 194 Å². The number of aromatic nitrogens is 5. The van der Waals surface area contributed by atoms with E-state index in [9.17, 15) is 8.42 Å². The van der Waals surface area contributed by atoms with Crippen LogP contribution in [0.3, 0.4) is 0 Å². The van der Waals surface area contributed by atoms with Crippen LogP contribution < -0.4 is 5.32 Å². The Balaban J connectivity index is 1.27. The van der Waals surface area contributed by atoms with Crippen molar-refractivity contribution in [2.45, 2.75) is 18.7 Å². The molecule has 34 heavy (non-hydrogen) atoms. The molecule has 0 radical (unpaired) electrons. The highest BCUT2D eigenvalue weighted by Gasteiger charge is 2.28. The summed E-state index contributed by atoms with van der Waals surface area (Å²) in [6.45, 7) is 3.88. The van der Waals surface area contributed by atoms with E-state index in [4.69, 9.17) is 4.52 Å². The fourth-order valence-electron chi connectivity index (χ4n) is 3.91. The van der Waals surface area contributed by atoms with Crippen LogP contribution >= 0.6 is 0 Å². The zero-order valence-electron chi connectivity index (χ0n) is 18.1. The van der Waals surface area contributed by atoms with Crippen LogP contribution in [0.15, 0.2) is 74.6 Å². The smallest absolute Gasteiger partial charge is 0.285 e. The number of benzene rings is 2. The van der Waals surface area contributed by atoms with Gasteiger partial charge < -0.3 is 9.84 Å². The first-order valence-electron chi connectivity index (χ1n) is 10.4. The quantitative estimate of drug-likeness (QED) is 0.423. The maximum Gasteiger partial charge on any atom is 0.285 e. The van der Waals surface area contributed by atoms with E-state index in [0.717, 1.165) is 11.4 Å². The maximum atomic E-state index is 12.2. The number of rotatable bonds is 3. The van der Waals surface area contributed by atoms with Gasteiger partial charge in [-0.1, -0.05) is 17.3 Å². The molecule has 3 aromatic heterocycles. The first-order chi connectivity index (χ1) is 16.4. The van der Waals surface area contributed by atoms with Crippen LogP contribution in [-0.2, 0) is 10.0 Å². The molecular formula is C23H17N7O3S. The normalized spacial score (nSPS) is 14.2. The van der Waals surface area contributed by atoms with E-state index in [0.29, 0.717) is 39.7 Å². The number of nitrogens with one attached hydrogen (secondary N) is 1. The summed E-state index contributed by atoms with van der Waals surface area (Å²) in [4.78, 5) is 9.27. The molecule has 0 fully saturated rings. The van der Waals surface area contributed by atoms with Gasteiger partial charge in [-0.3, -0.25) is 0 Å². The molecule has 0 unspecified atom stereocenters. The summed E-state index contributed by atoms with van der Waals surface area (Å²) in [7, 11) is -3.69. The molecule has 1 N–H and O–H groups in total. The van der Waals surface area contributed by atoms with Crippen molar-refractivity contribution in [3.8, 4) is 22.8 Å². The van der Waals surface area contributed by atoms with Gasteiger partial charge in [-0.15, -0.1) is 4.40 Å². The summed E-state index contributed by atoms with van der Waals surface area (Å²) in [6, 6.07) is 15.8. The molecule has 10 nitrogen and oxygen atoms in total. The third kappa shape index (κ3) is 3.25. The van der Waals surface area contributed by atoms with Crippen LogP contribution in [0.5, 0.6) is 0 Å². The van der Waals surface area contributed by atoms with E-state index in [1.54, 1.807) is 59.2 Å². The summed E-state index contributed by atoms with van der Waals surface area (Å²) in [6.07, 6.45) is 1.67. The Bertz CT molecular complexity index is 1720. The summed E-state index contributed by atoms with van der Waals surface area (Å²) in [5, 5.41) is 11.6. The van der Waals surface area contributed by atoms with Crippen LogP contribution in [0.25, 0.3) is 28.5 Å². The SMILES string of the molecule is Cc1cc(C)n2ncc(-c3noc(-c4ccc(NC5=NS(=O)(=O)c6ccccc65)cc4)n3)c2n1. The summed E-state index contributed by atoms with van der Waals surface area (Å²) in [5.41, 5.74) is 5.11. The monoisotopic (exact) mass is 471 g/mol. The van der Waals surface area contributed by atoms with Crippen molar-refractivity contribution in [3.05, 3.63) is 77.7 Å². The van der Waals surface area contributed by atoms with Gasteiger partial charge in [-0.05, 0) is 56.3 Å². The zero-order valence-corrected chi connectivity index (χ0v) is 18.9. The van der Waals surface area contributed by atoms with Crippen LogP contribution in [0.1, 0.15) is 17.0 Å². The molecule has 168 valence electrons. The molecule has 11 heteroatoms. The predicted octanol–water partition coefficient (Wildman–Crippen LogP) is 3.62. The Morgan fingerprint density at radius 2 is 1.76 bits per heavy atom. The molecule has 0 spiro atoms. The van der Waals surface area contributed by atoms with Crippen molar-refractivity contribution in [3.63, 3.8) is 0 Å². The van der Waals surface area contributed by atoms with E-state index in [1.165, 1.54) is 0 Å². The molecule has 0 aliphatic carbocycles. The molecule has 1 aliphatic heterocycles. The highest BCUT2D eigenvalue weighted by atomic mass is 32.2. The standard InChI is InChI=1S/C23H17N7O3S/c1-13-11-14(2)30-22(25-13)18(12-24-30)20-27-23(33-28-20)15-7-9-16(10-8-15)26-21-17-5-3-4-6-19(17)34(31,32)29-21/h3-12H,1-2H3,(H,26,29). The van der Waals surface area contributed by atoms with Crippen molar-refractivity contribution in [2.24, 2.45) is 4.40 Å². The number of sulfonamides is 1. The van der Waals surface area contributed by atoms with Crippen molar-refractivity contribution < 1.29 is 12.9 Å². The van der Waals surface area contributed by atoms with E-state index >= 15 is 0 Å². The van der Waals surface area contributed by atoms with Gasteiger partial charge in [0, 0.05) is 28.2 Å². The number of aryl methyl sites for hydroxylation is 2. The van der Waals surface area contributed by atoms with Crippen LogP contribution in [-0.4, -0.2) is 39.0 Å². The number of hydrogen-bond donors (Lipinski definition) is 1. The third-order valence-electron chi connectivity index (χ3n) is 5.47. The summed E-state index contributed by atoms with van der Waals surface area (Å²) in [5.74, 6) is 1.03. The fourth-order valence-corrected chi connectivity index (χ4v) is 5.08. The average Bonchev–Trinajstić information content (AvgIpc) is 3.51. The number of hydrogen-bond acceptors (Lipinski definition) is 8. The second-order valence-electron chi connectivity index (χ2n) is 7.87. The van der Waals surface area contributed by atoms with E-state index in [2.05, 4.69) is 29.9 Å². The molecule has 1 aliphatic rings. The van der Waals surface area contributed by atoms with Crippen LogP contribution in [0, 0.1) is 13.8 Å². The predicted molar refractivity (Wildman–Crippen MR) is 125 cm³/mol. The lowest BCUT2D eigenvalue weighted by atomic mass is 10.1. The van der Waals surface area contributed by atoms with Gasteiger partial charge in [0.25, 0.3) is 15.9 Å². The number of amidine groups is 1. The minimum atomic E-state index is -3.69. The van der Waals surface area contributed by atoms with Gasteiger partial charge in [-0.2, -0.15) is 18.5 Å². The largest absolute Gasteiger partial charge is 0.339 e. The number of nitrogens with zero attached hydrogens (tertiary/aromatic N) is 6. The fraction of sp³-hybridized carbons (Fsp3) is 0.0870. The Hall–Kier alpha value is -4.38. The Morgan fingerprint density at radius 3 is 2.59 bits per heavy atom. The van der Waals surface area contributed by atoms with Crippen molar-refractivity contribution >= 4 is 27.2 Å². The molecule has 5 aromatic rings. The van der Waals surface area contributed by atoms with Gasteiger partial charge >= 0.3 is 0 Å². The summed E-state index contributed by atoms with van der Waals surface area (Å²) >= 11 is 0. The van der Waals surface area contributed by atoms with Crippen LogP contribution in [0.2, 0.25) is 0 Å². The minimum absolute atomic E-state index is 0.195. The highest BCUT2D eigenvalue weighted by Crippen LogP contribution is 2.28. The second-order valence-corrected chi connectivity index (χ2v) is 9.44. The lowest BCUT2D eigenvalue weighted by Gasteiger charge is -2.06. The molecular weight excluding hydrogens is 454 g/mol. The molecule has 0 bridgehead atoms. The lowest BCUT2D eigenvalue weighted by Crippen LogP contribution is -2.11. The topological polar surface area (TPSA) is 128 Å². The molecule has 6 rings (SSSR count). The lowest BCUT2D eigenvalue weighted by molar-refractivity contribution is 0.432. The molecule has 2 aromatic carbocycles. The summed E-state index contributed by atoms with van der Waals surface area (Å²) < 4.78 is 35.6. The Kier molecular flexibility index (Phi) is 4.36. The van der Waals surface area contributed by atoms with Gasteiger partial charge in [0.2, 0.25) is 5.82 Å². The third-order valence-corrected chi connectivity index (χ3v) is 6.81. The van der Waals surface area contributed by atoms with Gasteiger partial charge in [0.15, 0.2) is 11.5 Å². The molecule has 0 amide bonds. The van der Waals surface area contributed by atoms with Crippen molar-refractivity contribution in [1.29, 1.82) is 0 Å². The van der Waals surface area contributed by atoms with E-state index in [1.807, 2.05) is 19.9 Å². The number of anilines is 1. The molecule has 0 saturated carbocycles.